The van der Waals surface area contributed by atoms with Gasteiger partial charge < -0.3 is 14.5 Å². The van der Waals surface area contributed by atoms with Gasteiger partial charge in [0.25, 0.3) is 5.17 Å². The molecule has 0 atom stereocenters. The fourth-order valence-corrected chi connectivity index (χ4v) is 2.31. The molecule has 0 amide bonds. The number of rotatable bonds is 0. The highest BCUT2D eigenvalue weighted by Gasteiger charge is 2.11. The van der Waals surface area contributed by atoms with Crippen LogP contribution in [-0.2, 0) is 4.74 Å². The molecular weight excluding hydrogens is 356 g/mol. The second-order valence-corrected chi connectivity index (χ2v) is 8.61. The lowest BCUT2D eigenvalue weighted by Crippen LogP contribution is -2.17. The molecule has 24 heavy (non-hydrogen) atoms. The maximum absolute atomic E-state index is 4.93. The molecule has 3 nitrogen and oxygen atoms in total. The van der Waals surface area contributed by atoms with Gasteiger partial charge in [0.05, 0.1) is 6.54 Å². The van der Waals surface area contributed by atoms with Crippen LogP contribution in [0.15, 0.2) is 0 Å². The van der Waals surface area contributed by atoms with Crippen LogP contribution >= 0.6 is 36.2 Å². The first kappa shape index (κ1) is 31.7. The Morgan fingerprint density at radius 2 is 1.29 bits per heavy atom. The van der Waals surface area contributed by atoms with Crippen LogP contribution in [0.5, 0.6) is 0 Å². The van der Waals surface area contributed by atoms with Gasteiger partial charge in [0, 0.05) is 26.4 Å². The van der Waals surface area contributed by atoms with E-state index in [1.165, 1.54) is 5.75 Å². The Balaban J connectivity index is -0.000000112. The minimum Gasteiger partial charge on any atom is -0.469 e. The number of thiocarbonyl (C=S) groups is 2. The zero-order valence-electron chi connectivity index (χ0n) is 15.5. The second kappa shape index (κ2) is 19.3. The average Bonchev–Trinajstić information content (AvgIpc) is 2.89. The number of hydrogen-bond acceptors (Lipinski definition) is 4. The quantitative estimate of drug-likeness (QED) is 0.477. The van der Waals surface area contributed by atoms with E-state index in [0.29, 0.717) is 5.17 Å². The van der Waals surface area contributed by atoms with Crippen molar-refractivity contribution in [2.75, 3.05) is 39.5 Å². The maximum Gasteiger partial charge on any atom is 0.259 e. The molecule has 0 unspecified atom stereocenters. The van der Waals surface area contributed by atoms with Crippen molar-refractivity contribution in [2.24, 2.45) is 11.8 Å². The summed E-state index contributed by atoms with van der Waals surface area (Å²) in [4.78, 5) is 4.01. The Hall–Kier alpha value is -0.0700. The molecule has 2 rings (SSSR count). The first-order valence-corrected chi connectivity index (χ1v) is 9.63. The van der Waals surface area contributed by atoms with Gasteiger partial charge in [0.15, 0.2) is 0 Å². The molecule has 6 heteroatoms. The Bertz CT molecular complexity index is 275. The molecule has 0 aliphatic carbocycles. The molecule has 0 radical (unpaired) electrons. The third kappa shape index (κ3) is 24.2. The summed E-state index contributed by atoms with van der Waals surface area (Å²) in [7, 11) is 3.96. The Labute approximate surface area is 167 Å². The van der Waals surface area contributed by atoms with E-state index in [9.17, 15) is 0 Å². The van der Waals surface area contributed by atoms with Gasteiger partial charge in [-0.3, -0.25) is 0 Å². The molecule has 2 fully saturated rings. The average molecular weight is 399 g/mol. The number of likely N-dealkylation sites (N-methyl/N-ethyl adjacent to an activating group) is 1. The summed E-state index contributed by atoms with van der Waals surface area (Å²) in [5.74, 6) is 2.84. The summed E-state index contributed by atoms with van der Waals surface area (Å²) in [6.45, 7) is 15.8. The van der Waals surface area contributed by atoms with Gasteiger partial charge in [-0.25, -0.2) is 0 Å². The van der Waals surface area contributed by atoms with Crippen molar-refractivity contribution in [3.63, 3.8) is 0 Å². The van der Waals surface area contributed by atoms with Crippen LogP contribution in [0.2, 0.25) is 0 Å². The Morgan fingerprint density at radius 3 is 1.38 bits per heavy atom. The van der Waals surface area contributed by atoms with Crippen LogP contribution in [0.3, 0.4) is 0 Å². The number of ether oxygens (including phenoxy) is 1. The summed E-state index contributed by atoms with van der Waals surface area (Å²) in [5.41, 5.74) is 0. The largest absolute Gasteiger partial charge is 0.469 e. The summed E-state index contributed by atoms with van der Waals surface area (Å²) in [6, 6.07) is 0. The topological polar surface area (TPSA) is 15.7 Å². The summed E-state index contributed by atoms with van der Waals surface area (Å²) in [5, 5.41) is 0.625. The third-order valence-corrected chi connectivity index (χ3v) is 3.97. The van der Waals surface area contributed by atoms with Crippen molar-refractivity contribution in [3.05, 3.63) is 0 Å². The van der Waals surface area contributed by atoms with E-state index in [1.54, 1.807) is 11.8 Å². The van der Waals surface area contributed by atoms with E-state index in [-0.39, 0.29) is 14.9 Å². The minimum atomic E-state index is 0. The van der Waals surface area contributed by atoms with Crippen LogP contribution in [-0.4, -0.2) is 58.8 Å². The SMILES string of the molecule is C.C.CC(C)C.CC(C)C.CN1CCOC1=S.CN1CCSC1=S. The van der Waals surface area contributed by atoms with Gasteiger partial charge in [0.2, 0.25) is 0 Å². The molecular formula is C18H42N2OS3. The van der Waals surface area contributed by atoms with Gasteiger partial charge in [-0.05, 0) is 24.1 Å². The van der Waals surface area contributed by atoms with Crippen LogP contribution in [0, 0.1) is 11.8 Å². The monoisotopic (exact) mass is 398 g/mol. The van der Waals surface area contributed by atoms with Gasteiger partial charge >= 0.3 is 0 Å². The zero-order valence-corrected chi connectivity index (χ0v) is 18.0. The van der Waals surface area contributed by atoms with Crippen molar-refractivity contribution in [1.82, 2.24) is 9.80 Å². The van der Waals surface area contributed by atoms with Crippen LogP contribution in [0.4, 0.5) is 0 Å². The first-order valence-electron chi connectivity index (χ1n) is 7.83. The third-order valence-electron chi connectivity index (χ3n) is 1.93. The van der Waals surface area contributed by atoms with Crippen LogP contribution < -0.4 is 0 Å². The summed E-state index contributed by atoms with van der Waals surface area (Å²) in [6.07, 6.45) is 0. The summed E-state index contributed by atoms with van der Waals surface area (Å²) >= 11 is 11.4. The predicted molar refractivity (Wildman–Crippen MR) is 123 cm³/mol. The smallest absolute Gasteiger partial charge is 0.259 e. The van der Waals surface area contributed by atoms with Crippen LogP contribution in [0.25, 0.3) is 0 Å². The predicted octanol–water partition coefficient (Wildman–Crippen LogP) is 5.78. The fourth-order valence-electron chi connectivity index (χ4n) is 0.943. The Kier molecular flexibility index (Phi) is 25.4. The molecule has 0 saturated carbocycles. The van der Waals surface area contributed by atoms with Crippen molar-refractivity contribution < 1.29 is 4.74 Å². The molecule has 2 saturated heterocycles. The molecule has 0 spiro atoms. The van der Waals surface area contributed by atoms with Crippen molar-refractivity contribution in [3.8, 4) is 0 Å². The molecule has 148 valence electrons. The van der Waals surface area contributed by atoms with E-state index < -0.39 is 0 Å². The maximum atomic E-state index is 4.93. The number of hydrogen-bond donors (Lipinski definition) is 0. The van der Waals surface area contributed by atoms with Crippen molar-refractivity contribution in [1.29, 1.82) is 0 Å². The van der Waals surface area contributed by atoms with E-state index in [0.717, 1.165) is 35.9 Å². The molecule has 2 aliphatic rings. The zero-order chi connectivity index (χ0) is 17.7. The lowest BCUT2D eigenvalue weighted by molar-refractivity contribution is 0.361. The van der Waals surface area contributed by atoms with Gasteiger partial charge in [-0.2, -0.15) is 0 Å². The highest BCUT2D eigenvalue weighted by molar-refractivity contribution is 8.23. The standard InChI is InChI=1S/C4H7NOS.C4H7NS2.2C4H10.2CH4/c1-5-2-3-6-4(5)7;1-5-2-3-7-4(5)6;2*1-4(2)3;;/h2*2-3H2,1H3;2*4H,1-3H3;2*1H4. The van der Waals surface area contributed by atoms with E-state index in [1.807, 2.05) is 19.0 Å². The van der Waals surface area contributed by atoms with E-state index in [4.69, 9.17) is 29.2 Å². The molecule has 0 N–H and O–H groups in total. The van der Waals surface area contributed by atoms with Crippen molar-refractivity contribution >= 4 is 45.7 Å². The molecule has 0 bridgehead atoms. The van der Waals surface area contributed by atoms with Gasteiger partial charge in [-0.15, -0.1) is 0 Å². The van der Waals surface area contributed by atoms with E-state index >= 15 is 0 Å². The highest BCUT2D eigenvalue weighted by Crippen LogP contribution is 2.14. The minimum absolute atomic E-state index is 0. The normalized spacial score (nSPS) is 15.1. The molecule has 2 heterocycles. The molecule has 0 aromatic heterocycles. The van der Waals surface area contributed by atoms with Gasteiger partial charge in [-0.1, -0.05) is 80.4 Å². The lowest BCUT2D eigenvalue weighted by atomic mass is 10.3. The van der Waals surface area contributed by atoms with Gasteiger partial charge in [0.1, 0.15) is 10.9 Å². The van der Waals surface area contributed by atoms with Crippen LogP contribution in [0.1, 0.15) is 56.4 Å². The second-order valence-electron chi connectivity index (χ2n) is 6.54. The number of nitrogens with zero attached hydrogens (tertiary/aromatic N) is 2. The highest BCUT2D eigenvalue weighted by atomic mass is 32.2. The molecule has 2 aliphatic heterocycles. The Morgan fingerprint density at radius 1 is 0.875 bits per heavy atom. The lowest BCUT2D eigenvalue weighted by Gasteiger charge is -2.05. The number of thioether (sulfide) groups is 1. The van der Waals surface area contributed by atoms with Crippen molar-refractivity contribution in [2.45, 2.75) is 56.4 Å². The molecule has 0 aromatic carbocycles. The fraction of sp³-hybridized carbons (Fsp3) is 0.889. The van der Waals surface area contributed by atoms with E-state index in [2.05, 4.69) is 46.4 Å². The first-order chi connectivity index (χ1) is 10.1. The molecule has 0 aromatic rings. The summed E-state index contributed by atoms with van der Waals surface area (Å²) < 4.78 is 5.96.